The molecule has 5 heteroatoms. The SMILES string of the molecule is O=C1c2oc3ccccc3c(=O)c2C(c2cccc(Br)c2)N1CCc1ccccc1. The maximum absolute atomic E-state index is 13.4. The van der Waals surface area contributed by atoms with Gasteiger partial charge in [-0.1, -0.05) is 70.5 Å². The number of rotatable bonds is 4. The summed E-state index contributed by atoms with van der Waals surface area (Å²) in [6.45, 7) is 0.486. The molecule has 0 spiro atoms. The highest BCUT2D eigenvalue weighted by atomic mass is 79.9. The third-order valence-electron chi connectivity index (χ3n) is 5.52. The number of hydrogen-bond acceptors (Lipinski definition) is 3. The Kier molecular flexibility index (Phi) is 4.75. The van der Waals surface area contributed by atoms with E-state index in [1.165, 1.54) is 0 Å². The third-order valence-corrected chi connectivity index (χ3v) is 6.02. The zero-order valence-electron chi connectivity index (χ0n) is 16.0. The zero-order valence-corrected chi connectivity index (χ0v) is 17.6. The van der Waals surface area contributed by atoms with Crippen LogP contribution in [0.3, 0.4) is 0 Å². The van der Waals surface area contributed by atoms with Gasteiger partial charge in [0.25, 0.3) is 5.91 Å². The van der Waals surface area contributed by atoms with E-state index in [0.29, 0.717) is 29.5 Å². The molecule has 1 aliphatic rings. The van der Waals surface area contributed by atoms with Gasteiger partial charge in [-0.05, 0) is 41.8 Å². The van der Waals surface area contributed by atoms with Crippen LogP contribution in [0.1, 0.15) is 33.3 Å². The minimum absolute atomic E-state index is 0.146. The number of amides is 1. The van der Waals surface area contributed by atoms with Crippen molar-refractivity contribution in [2.24, 2.45) is 0 Å². The number of fused-ring (bicyclic) bond motifs is 2. The summed E-state index contributed by atoms with van der Waals surface area (Å²) in [7, 11) is 0. The van der Waals surface area contributed by atoms with Crippen LogP contribution >= 0.6 is 15.9 Å². The minimum atomic E-state index is -0.477. The molecule has 4 nitrogen and oxygen atoms in total. The second-order valence-corrected chi connectivity index (χ2v) is 8.28. The van der Waals surface area contributed by atoms with Crippen LogP contribution in [0.2, 0.25) is 0 Å². The molecule has 5 rings (SSSR count). The fraction of sp³-hybridized carbons (Fsp3) is 0.120. The van der Waals surface area contributed by atoms with Crippen LogP contribution in [0, 0.1) is 0 Å². The molecule has 0 aliphatic carbocycles. The first kappa shape index (κ1) is 18.8. The summed E-state index contributed by atoms with van der Waals surface area (Å²) in [6, 6.07) is 24.4. The molecule has 1 amide bonds. The summed E-state index contributed by atoms with van der Waals surface area (Å²) in [4.78, 5) is 28.5. The van der Waals surface area contributed by atoms with E-state index in [0.717, 1.165) is 15.6 Å². The lowest BCUT2D eigenvalue weighted by Crippen LogP contribution is -2.31. The molecule has 0 saturated heterocycles. The van der Waals surface area contributed by atoms with Crippen LogP contribution in [0.4, 0.5) is 0 Å². The van der Waals surface area contributed by atoms with Gasteiger partial charge < -0.3 is 9.32 Å². The molecule has 148 valence electrons. The number of carbonyl (C=O) groups is 1. The van der Waals surface area contributed by atoms with Crippen molar-refractivity contribution in [1.29, 1.82) is 0 Å². The highest BCUT2D eigenvalue weighted by Crippen LogP contribution is 2.38. The summed E-state index contributed by atoms with van der Waals surface area (Å²) >= 11 is 3.51. The van der Waals surface area contributed by atoms with E-state index in [1.807, 2.05) is 60.7 Å². The zero-order chi connectivity index (χ0) is 20.7. The summed E-state index contributed by atoms with van der Waals surface area (Å²) in [5, 5.41) is 0.494. The molecular formula is C25H18BrNO3. The molecule has 2 heterocycles. The summed E-state index contributed by atoms with van der Waals surface area (Å²) in [5.74, 6) is -0.0921. The Balaban J connectivity index is 1.66. The number of halogens is 1. The number of nitrogens with zero attached hydrogens (tertiary/aromatic N) is 1. The molecule has 1 aliphatic heterocycles. The van der Waals surface area contributed by atoms with Gasteiger partial charge in [0.15, 0.2) is 5.43 Å². The van der Waals surface area contributed by atoms with Crippen molar-refractivity contribution in [3.8, 4) is 0 Å². The Hall–Kier alpha value is -3.18. The lowest BCUT2D eigenvalue weighted by molar-refractivity contribution is 0.0730. The molecule has 4 aromatic rings. The second-order valence-electron chi connectivity index (χ2n) is 7.36. The molecule has 3 aromatic carbocycles. The lowest BCUT2D eigenvalue weighted by atomic mass is 9.98. The van der Waals surface area contributed by atoms with Crippen molar-refractivity contribution in [1.82, 2.24) is 4.90 Å². The Morgan fingerprint density at radius 3 is 2.47 bits per heavy atom. The number of hydrogen-bond donors (Lipinski definition) is 0. The van der Waals surface area contributed by atoms with Gasteiger partial charge in [0, 0.05) is 11.0 Å². The van der Waals surface area contributed by atoms with Crippen LogP contribution in [-0.4, -0.2) is 17.4 Å². The van der Waals surface area contributed by atoms with Crippen LogP contribution < -0.4 is 5.43 Å². The summed E-state index contributed by atoms with van der Waals surface area (Å²) < 4.78 is 6.86. The Bertz CT molecular complexity index is 1310. The largest absolute Gasteiger partial charge is 0.450 e. The highest BCUT2D eigenvalue weighted by molar-refractivity contribution is 9.10. The average molecular weight is 460 g/mol. The predicted molar refractivity (Wildman–Crippen MR) is 120 cm³/mol. The third kappa shape index (κ3) is 3.15. The van der Waals surface area contributed by atoms with Crippen LogP contribution in [0.25, 0.3) is 11.0 Å². The average Bonchev–Trinajstić information content (AvgIpc) is 3.05. The number of para-hydroxylation sites is 1. The van der Waals surface area contributed by atoms with Gasteiger partial charge in [-0.15, -0.1) is 0 Å². The van der Waals surface area contributed by atoms with E-state index >= 15 is 0 Å². The van der Waals surface area contributed by atoms with E-state index in [9.17, 15) is 9.59 Å². The Morgan fingerprint density at radius 2 is 1.67 bits per heavy atom. The monoisotopic (exact) mass is 459 g/mol. The normalized spacial score (nSPS) is 15.6. The van der Waals surface area contributed by atoms with Crippen molar-refractivity contribution in [3.63, 3.8) is 0 Å². The molecule has 0 saturated carbocycles. The Labute approximate surface area is 181 Å². The summed E-state index contributed by atoms with van der Waals surface area (Å²) in [6.07, 6.45) is 0.693. The molecule has 0 N–H and O–H groups in total. The fourth-order valence-corrected chi connectivity index (χ4v) is 4.53. The lowest BCUT2D eigenvalue weighted by Gasteiger charge is -2.25. The topological polar surface area (TPSA) is 50.5 Å². The first-order valence-electron chi connectivity index (χ1n) is 9.79. The van der Waals surface area contributed by atoms with E-state index in [4.69, 9.17) is 4.42 Å². The Morgan fingerprint density at radius 1 is 0.900 bits per heavy atom. The van der Waals surface area contributed by atoms with Gasteiger partial charge in [0.1, 0.15) is 5.58 Å². The van der Waals surface area contributed by atoms with Gasteiger partial charge in [-0.3, -0.25) is 9.59 Å². The van der Waals surface area contributed by atoms with Crippen LogP contribution in [-0.2, 0) is 6.42 Å². The number of benzene rings is 3. The maximum atomic E-state index is 13.4. The molecule has 1 atom stereocenters. The van der Waals surface area contributed by atoms with E-state index < -0.39 is 6.04 Å². The van der Waals surface area contributed by atoms with Crippen molar-refractivity contribution in [2.75, 3.05) is 6.54 Å². The first-order valence-corrected chi connectivity index (χ1v) is 10.6. The van der Waals surface area contributed by atoms with Crippen molar-refractivity contribution in [3.05, 3.63) is 116 Å². The van der Waals surface area contributed by atoms with E-state index in [-0.39, 0.29) is 17.1 Å². The molecule has 1 unspecified atom stereocenters. The van der Waals surface area contributed by atoms with Crippen LogP contribution in [0.5, 0.6) is 0 Å². The standard InChI is InChI=1S/C25H18BrNO3/c26-18-10-6-9-17(15-18)22-21-23(28)19-11-4-5-12-20(19)30-24(21)25(29)27(22)14-13-16-7-2-1-3-8-16/h1-12,15,22H,13-14H2. The van der Waals surface area contributed by atoms with Gasteiger partial charge in [0.2, 0.25) is 5.76 Å². The van der Waals surface area contributed by atoms with Crippen molar-refractivity contribution >= 4 is 32.8 Å². The minimum Gasteiger partial charge on any atom is -0.450 e. The maximum Gasteiger partial charge on any atom is 0.290 e. The molecule has 0 fully saturated rings. The predicted octanol–water partition coefficient (Wildman–Crippen LogP) is 5.34. The van der Waals surface area contributed by atoms with Gasteiger partial charge >= 0.3 is 0 Å². The molecule has 30 heavy (non-hydrogen) atoms. The fourth-order valence-electron chi connectivity index (χ4n) is 4.12. The first-order chi connectivity index (χ1) is 14.6. The van der Waals surface area contributed by atoms with Crippen molar-refractivity contribution < 1.29 is 9.21 Å². The van der Waals surface area contributed by atoms with Gasteiger partial charge in [-0.2, -0.15) is 0 Å². The number of carbonyl (C=O) groups excluding carboxylic acids is 1. The van der Waals surface area contributed by atoms with Crippen LogP contribution in [0.15, 0.2) is 92.5 Å². The summed E-state index contributed by atoms with van der Waals surface area (Å²) in [5.41, 5.74) is 2.73. The highest BCUT2D eigenvalue weighted by Gasteiger charge is 2.42. The van der Waals surface area contributed by atoms with Gasteiger partial charge in [-0.25, -0.2) is 0 Å². The molecular weight excluding hydrogens is 442 g/mol. The second kappa shape index (κ2) is 7.58. The molecule has 0 radical (unpaired) electrons. The van der Waals surface area contributed by atoms with E-state index in [1.54, 1.807) is 23.1 Å². The van der Waals surface area contributed by atoms with Gasteiger partial charge in [0.05, 0.1) is 17.0 Å². The van der Waals surface area contributed by atoms with E-state index in [2.05, 4.69) is 15.9 Å². The molecule has 0 bridgehead atoms. The quantitative estimate of drug-likeness (QED) is 0.413. The van der Waals surface area contributed by atoms with Crippen molar-refractivity contribution in [2.45, 2.75) is 12.5 Å². The molecule has 1 aromatic heterocycles. The smallest absolute Gasteiger partial charge is 0.290 e.